The lowest BCUT2D eigenvalue weighted by Gasteiger charge is -2.04. The lowest BCUT2D eigenvalue weighted by molar-refractivity contribution is 0.00646. The summed E-state index contributed by atoms with van der Waals surface area (Å²) in [6, 6.07) is 7.28. The van der Waals surface area contributed by atoms with Crippen LogP contribution in [0, 0.1) is 0 Å². The minimum Gasteiger partial charge on any atom is -0.339 e. The number of benzene rings is 1. The normalized spacial score (nSPS) is 20.4. The van der Waals surface area contributed by atoms with E-state index in [-0.39, 0.29) is 5.78 Å². The van der Waals surface area contributed by atoms with E-state index in [2.05, 4.69) is 4.74 Å². The molecule has 0 saturated carbocycles. The summed E-state index contributed by atoms with van der Waals surface area (Å²) in [5.74, 6) is -0.103. The average molecular weight is 180 g/mol. The molecule has 1 aliphatic carbocycles. The molecule has 0 heterocycles. The van der Waals surface area contributed by atoms with Crippen LogP contribution >= 0.6 is 0 Å². The standard InChI is InChI=1S/C10H9FO2/c11-6-13-9-5-7-3-1-2-4-8(7)10(9)12/h1-4,9H,5-6H2. The number of fused-ring (bicyclic) bond motifs is 1. The first-order valence-electron chi connectivity index (χ1n) is 4.12. The summed E-state index contributed by atoms with van der Waals surface area (Å²) in [5, 5.41) is 0. The molecule has 0 saturated heterocycles. The van der Waals surface area contributed by atoms with Crippen molar-refractivity contribution < 1.29 is 13.9 Å². The highest BCUT2D eigenvalue weighted by Gasteiger charge is 2.30. The van der Waals surface area contributed by atoms with Crippen LogP contribution in [0.5, 0.6) is 0 Å². The zero-order valence-corrected chi connectivity index (χ0v) is 7.00. The first kappa shape index (κ1) is 8.38. The fourth-order valence-corrected chi connectivity index (χ4v) is 1.62. The van der Waals surface area contributed by atoms with E-state index in [1.807, 2.05) is 12.1 Å². The molecule has 1 aromatic rings. The minimum absolute atomic E-state index is 0.103. The van der Waals surface area contributed by atoms with Crippen LogP contribution in [0.4, 0.5) is 4.39 Å². The van der Waals surface area contributed by atoms with E-state index in [1.54, 1.807) is 12.1 Å². The van der Waals surface area contributed by atoms with Crippen molar-refractivity contribution >= 4 is 5.78 Å². The van der Waals surface area contributed by atoms with Gasteiger partial charge in [-0.25, -0.2) is 4.39 Å². The van der Waals surface area contributed by atoms with Gasteiger partial charge in [-0.15, -0.1) is 0 Å². The summed E-state index contributed by atoms with van der Waals surface area (Å²) in [5.41, 5.74) is 1.62. The van der Waals surface area contributed by atoms with Gasteiger partial charge in [0.2, 0.25) is 0 Å². The van der Waals surface area contributed by atoms with Crippen molar-refractivity contribution in [2.75, 3.05) is 6.86 Å². The molecule has 0 fully saturated rings. The van der Waals surface area contributed by atoms with Crippen molar-refractivity contribution in [2.24, 2.45) is 0 Å². The molecule has 0 N–H and O–H groups in total. The van der Waals surface area contributed by atoms with E-state index in [9.17, 15) is 9.18 Å². The molecule has 1 unspecified atom stereocenters. The third-order valence-corrected chi connectivity index (χ3v) is 2.24. The smallest absolute Gasteiger partial charge is 0.192 e. The van der Waals surface area contributed by atoms with Gasteiger partial charge in [-0.05, 0) is 5.56 Å². The lowest BCUT2D eigenvalue weighted by Crippen LogP contribution is -2.19. The molecule has 0 spiro atoms. The summed E-state index contributed by atoms with van der Waals surface area (Å²) in [4.78, 5) is 11.5. The molecule has 68 valence electrons. The Labute approximate surface area is 75.3 Å². The molecule has 2 nitrogen and oxygen atoms in total. The third kappa shape index (κ3) is 1.35. The summed E-state index contributed by atoms with van der Waals surface area (Å²) < 4.78 is 16.5. The highest BCUT2D eigenvalue weighted by Crippen LogP contribution is 2.23. The van der Waals surface area contributed by atoms with Crippen LogP contribution in [0.25, 0.3) is 0 Å². The van der Waals surface area contributed by atoms with E-state index in [0.717, 1.165) is 5.56 Å². The average Bonchev–Trinajstić information content (AvgIpc) is 2.46. The zero-order chi connectivity index (χ0) is 9.26. The second-order valence-corrected chi connectivity index (χ2v) is 2.99. The number of rotatable bonds is 2. The largest absolute Gasteiger partial charge is 0.339 e. The number of Topliss-reactive ketones (excluding diaryl/α,β-unsaturated/α-hetero) is 1. The lowest BCUT2D eigenvalue weighted by atomic mass is 10.1. The van der Waals surface area contributed by atoms with Gasteiger partial charge in [0, 0.05) is 12.0 Å². The maximum Gasteiger partial charge on any atom is 0.192 e. The van der Waals surface area contributed by atoms with Crippen LogP contribution < -0.4 is 0 Å². The number of ether oxygens (including phenoxy) is 1. The molecule has 3 heteroatoms. The predicted molar refractivity (Wildman–Crippen MR) is 45.3 cm³/mol. The van der Waals surface area contributed by atoms with E-state index in [4.69, 9.17) is 0 Å². The minimum atomic E-state index is -0.898. The van der Waals surface area contributed by atoms with Crippen molar-refractivity contribution in [3.05, 3.63) is 35.4 Å². The fourth-order valence-electron chi connectivity index (χ4n) is 1.62. The zero-order valence-electron chi connectivity index (χ0n) is 7.00. The Kier molecular flexibility index (Phi) is 2.10. The number of halogens is 1. The maximum atomic E-state index is 11.9. The maximum absolute atomic E-state index is 11.9. The van der Waals surface area contributed by atoms with Crippen molar-refractivity contribution in [1.82, 2.24) is 0 Å². The molecular formula is C10H9FO2. The van der Waals surface area contributed by atoms with Crippen LogP contribution in [0.15, 0.2) is 24.3 Å². The first-order chi connectivity index (χ1) is 6.33. The fraction of sp³-hybridized carbons (Fsp3) is 0.300. The molecule has 13 heavy (non-hydrogen) atoms. The topological polar surface area (TPSA) is 26.3 Å². The number of alkyl halides is 1. The number of carbonyl (C=O) groups excluding carboxylic acids is 1. The molecular weight excluding hydrogens is 171 g/mol. The monoisotopic (exact) mass is 180 g/mol. The van der Waals surface area contributed by atoms with E-state index >= 15 is 0 Å². The van der Waals surface area contributed by atoms with Crippen LogP contribution in [0.1, 0.15) is 15.9 Å². The Hall–Kier alpha value is -1.22. The first-order valence-corrected chi connectivity index (χ1v) is 4.12. The van der Waals surface area contributed by atoms with Gasteiger partial charge in [0.15, 0.2) is 12.6 Å². The Bertz CT molecular complexity index is 335. The number of ketones is 1. The molecule has 0 bridgehead atoms. The Morgan fingerprint density at radius 1 is 1.46 bits per heavy atom. The van der Waals surface area contributed by atoms with E-state index in [1.165, 1.54) is 0 Å². The SMILES string of the molecule is O=C1c2ccccc2CC1OCF. The van der Waals surface area contributed by atoms with Crippen molar-refractivity contribution in [3.63, 3.8) is 0 Å². The van der Waals surface area contributed by atoms with Crippen molar-refractivity contribution in [3.8, 4) is 0 Å². The van der Waals surface area contributed by atoms with E-state index < -0.39 is 13.0 Å². The molecule has 1 aromatic carbocycles. The van der Waals surface area contributed by atoms with Crippen molar-refractivity contribution in [2.45, 2.75) is 12.5 Å². The summed E-state index contributed by atoms with van der Waals surface area (Å²) in [6.45, 7) is -0.898. The quantitative estimate of drug-likeness (QED) is 0.692. The van der Waals surface area contributed by atoms with Gasteiger partial charge >= 0.3 is 0 Å². The van der Waals surface area contributed by atoms with Crippen molar-refractivity contribution in [1.29, 1.82) is 0 Å². The van der Waals surface area contributed by atoms with Gasteiger partial charge < -0.3 is 4.74 Å². The molecule has 1 aliphatic rings. The second kappa shape index (κ2) is 3.26. The Morgan fingerprint density at radius 2 is 2.23 bits per heavy atom. The molecule has 2 rings (SSSR count). The number of hydrogen-bond donors (Lipinski definition) is 0. The van der Waals surface area contributed by atoms with Crippen LogP contribution in [-0.4, -0.2) is 18.7 Å². The van der Waals surface area contributed by atoms with Gasteiger partial charge in [-0.1, -0.05) is 24.3 Å². The van der Waals surface area contributed by atoms with Crippen LogP contribution in [-0.2, 0) is 11.2 Å². The summed E-state index contributed by atoms with van der Waals surface area (Å²) >= 11 is 0. The third-order valence-electron chi connectivity index (χ3n) is 2.24. The second-order valence-electron chi connectivity index (χ2n) is 2.99. The Balaban J connectivity index is 2.28. The summed E-state index contributed by atoms with van der Waals surface area (Å²) in [7, 11) is 0. The predicted octanol–water partition coefficient (Wildman–Crippen LogP) is 1.74. The Morgan fingerprint density at radius 3 is 2.92 bits per heavy atom. The molecule has 0 amide bonds. The molecule has 1 atom stereocenters. The number of hydrogen-bond acceptors (Lipinski definition) is 2. The van der Waals surface area contributed by atoms with Gasteiger partial charge in [-0.3, -0.25) is 4.79 Å². The highest BCUT2D eigenvalue weighted by atomic mass is 19.1. The van der Waals surface area contributed by atoms with Gasteiger partial charge in [0.05, 0.1) is 0 Å². The van der Waals surface area contributed by atoms with Gasteiger partial charge in [0.25, 0.3) is 0 Å². The van der Waals surface area contributed by atoms with Gasteiger partial charge in [-0.2, -0.15) is 0 Å². The summed E-state index contributed by atoms with van der Waals surface area (Å²) in [6.07, 6.45) is -0.110. The molecule has 0 radical (unpaired) electrons. The van der Waals surface area contributed by atoms with Crippen LogP contribution in [0.2, 0.25) is 0 Å². The van der Waals surface area contributed by atoms with E-state index in [0.29, 0.717) is 12.0 Å². The van der Waals surface area contributed by atoms with Crippen LogP contribution in [0.3, 0.4) is 0 Å². The number of carbonyl (C=O) groups is 1. The molecule has 0 aliphatic heterocycles. The molecule has 0 aromatic heterocycles. The highest BCUT2D eigenvalue weighted by molar-refractivity contribution is 6.03. The van der Waals surface area contributed by atoms with Gasteiger partial charge in [0.1, 0.15) is 6.10 Å².